The van der Waals surface area contributed by atoms with Gasteiger partial charge in [-0.3, -0.25) is 0 Å². The van der Waals surface area contributed by atoms with Crippen LogP contribution in [0.15, 0.2) is 12.2 Å². The molecular weight excluding hydrogens is 128 g/mol. The van der Waals surface area contributed by atoms with Crippen molar-refractivity contribution in [3.63, 3.8) is 0 Å². The van der Waals surface area contributed by atoms with E-state index in [0.717, 1.165) is 19.6 Å². The molecule has 0 N–H and O–H groups in total. The van der Waals surface area contributed by atoms with Gasteiger partial charge in [0.1, 0.15) is 0 Å². The zero-order chi connectivity index (χ0) is 7.23. The first-order valence-electron chi connectivity index (χ1n) is 3.83. The maximum atomic E-state index is 5.19. The lowest BCUT2D eigenvalue weighted by Crippen LogP contribution is -2.01. The van der Waals surface area contributed by atoms with E-state index >= 15 is 0 Å². The number of unbranched alkanes of at least 4 members (excludes halogenated alkanes) is 1. The predicted molar refractivity (Wildman–Crippen MR) is 39.7 cm³/mol. The Balaban J connectivity index is 2.10. The predicted octanol–water partition coefficient (Wildman–Crippen LogP) is 1.72. The highest BCUT2D eigenvalue weighted by atomic mass is 16.7. The maximum absolute atomic E-state index is 5.19. The Morgan fingerprint density at radius 2 is 2.10 bits per heavy atom. The van der Waals surface area contributed by atoms with Crippen LogP contribution in [0.4, 0.5) is 0 Å². The Morgan fingerprint density at radius 3 is 2.70 bits per heavy atom. The lowest BCUT2D eigenvalue weighted by Gasteiger charge is -1.99. The summed E-state index contributed by atoms with van der Waals surface area (Å²) in [4.78, 5) is 0. The van der Waals surface area contributed by atoms with Crippen molar-refractivity contribution in [2.75, 3.05) is 13.2 Å². The van der Waals surface area contributed by atoms with Gasteiger partial charge in [0.15, 0.2) is 6.29 Å². The van der Waals surface area contributed by atoms with E-state index in [0.29, 0.717) is 0 Å². The molecule has 1 rings (SSSR count). The largest absolute Gasteiger partial charge is 0.347 e. The molecule has 1 heterocycles. The molecule has 0 aromatic carbocycles. The van der Waals surface area contributed by atoms with Gasteiger partial charge in [0.2, 0.25) is 0 Å². The first-order chi connectivity index (χ1) is 4.93. The van der Waals surface area contributed by atoms with Gasteiger partial charge in [-0.05, 0) is 12.5 Å². The number of rotatable bonds is 3. The summed E-state index contributed by atoms with van der Waals surface area (Å²) >= 11 is 0. The van der Waals surface area contributed by atoms with Crippen molar-refractivity contribution in [1.82, 2.24) is 0 Å². The Kier molecular flexibility index (Phi) is 3.47. The molecule has 0 spiro atoms. The summed E-state index contributed by atoms with van der Waals surface area (Å²) < 4.78 is 10.4. The molecule has 0 amide bonds. The first kappa shape index (κ1) is 7.76. The lowest BCUT2D eigenvalue weighted by molar-refractivity contribution is -0.00173. The second-order valence-electron chi connectivity index (χ2n) is 2.33. The van der Waals surface area contributed by atoms with Crippen LogP contribution in [-0.2, 0) is 9.47 Å². The fourth-order valence-corrected chi connectivity index (χ4v) is 0.862. The third-order valence-corrected chi connectivity index (χ3v) is 1.40. The van der Waals surface area contributed by atoms with E-state index < -0.39 is 0 Å². The number of hydrogen-bond acceptors (Lipinski definition) is 2. The molecule has 10 heavy (non-hydrogen) atoms. The highest BCUT2D eigenvalue weighted by molar-refractivity contribution is 4.85. The minimum atomic E-state index is -0.0634. The fraction of sp³-hybridized carbons (Fsp3) is 0.750. The van der Waals surface area contributed by atoms with Crippen LogP contribution in [0.25, 0.3) is 0 Å². The molecule has 0 bridgehead atoms. The fourth-order valence-electron chi connectivity index (χ4n) is 0.862. The van der Waals surface area contributed by atoms with Crippen LogP contribution in [0, 0.1) is 0 Å². The van der Waals surface area contributed by atoms with Crippen molar-refractivity contribution in [3.05, 3.63) is 12.2 Å². The lowest BCUT2D eigenvalue weighted by atomic mass is 10.3. The Bertz CT molecular complexity index is 104. The molecule has 58 valence electrons. The summed E-state index contributed by atoms with van der Waals surface area (Å²) in [6, 6.07) is 0. The molecule has 0 aromatic rings. The molecule has 0 atom stereocenters. The summed E-state index contributed by atoms with van der Waals surface area (Å²) in [6.07, 6.45) is 6.32. The van der Waals surface area contributed by atoms with Crippen molar-refractivity contribution >= 4 is 0 Å². The molecular formula is C8H14O2. The minimum Gasteiger partial charge on any atom is -0.347 e. The molecule has 0 aliphatic carbocycles. The molecule has 0 saturated carbocycles. The normalized spacial score (nSPS) is 20.9. The van der Waals surface area contributed by atoms with Gasteiger partial charge in [0, 0.05) is 0 Å². The van der Waals surface area contributed by atoms with E-state index in [1.807, 2.05) is 6.08 Å². The van der Waals surface area contributed by atoms with Gasteiger partial charge in [0.05, 0.1) is 13.2 Å². The Labute approximate surface area is 61.8 Å². The Morgan fingerprint density at radius 1 is 1.40 bits per heavy atom. The van der Waals surface area contributed by atoms with Crippen LogP contribution in [0.2, 0.25) is 0 Å². The summed E-state index contributed by atoms with van der Waals surface area (Å²) in [5, 5.41) is 0. The summed E-state index contributed by atoms with van der Waals surface area (Å²) in [7, 11) is 0. The molecule has 1 saturated heterocycles. The molecule has 1 fully saturated rings. The van der Waals surface area contributed by atoms with Gasteiger partial charge in [0.25, 0.3) is 0 Å². The van der Waals surface area contributed by atoms with E-state index in [1.54, 1.807) is 0 Å². The van der Waals surface area contributed by atoms with Crippen molar-refractivity contribution < 1.29 is 9.47 Å². The zero-order valence-electron chi connectivity index (χ0n) is 6.38. The van der Waals surface area contributed by atoms with Gasteiger partial charge >= 0.3 is 0 Å². The van der Waals surface area contributed by atoms with Crippen molar-refractivity contribution in [3.8, 4) is 0 Å². The van der Waals surface area contributed by atoms with E-state index in [9.17, 15) is 0 Å². The van der Waals surface area contributed by atoms with Gasteiger partial charge in [-0.2, -0.15) is 0 Å². The first-order valence-corrected chi connectivity index (χ1v) is 3.83. The maximum Gasteiger partial charge on any atom is 0.177 e. The van der Waals surface area contributed by atoms with Crippen LogP contribution in [0.5, 0.6) is 0 Å². The zero-order valence-corrected chi connectivity index (χ0v) is 6.38. The monoisotopic (exact) mass is 142 g/mol. The second-order valence-corrected chi connectivity index (χ2v) is 2.33. The topological polar surface area (TPSA) is 18.5 Å². The third kappa shape index (κ3) is 2.50. The van der Waals surface area contributed by atoms with E-state index in [4.69, 9.17) is 9.47 Å². The summed E-state index contributed by atoms with van der Waals surface area (Å²) in [5.74, 6) is 0. The number of hydrogen-bond donors (Lipinski definition) is 0. The average Bonchev–Trinajstić information content (AvgIpc) is 2.41. The van der Waals surface area contributed by atoms with Crippen molar-refractivity contribution in [2.24, 2.45) is 0 Å². The van der Waals surface area contributed by atoms with Gasteiger partial charge in [-0.15, -0.1) is 0 Å². The third-order valence-electron chi connectivity index (χ3n) is 1.40. The second kappa shape index (κ2) is 4.47. The van der Waals surface area contributed by atoms with Gasteiger partial charge < -0.3 is 9.47 Å². The number of allylic oxidation sites excluding steroid dienone is 1. The summed E-state index contributed by atoms with van der Waals surface area (Å²) in [6.45, 7) is 3.63. The molecule has 2 nitrogen and oxygen atoms in total. The molecule has 0 unspecified atom stereocenters. The molecule has 1 aliphatic heterocycles. The van der Waals surface area contributed by atoms with E-state index in [2.05, 4.69) is 13.0 Å². The SMILES string of the molecule is CCC/C=C/C1OCCO1. The molecule has 1 aliphatic rings. The average molecular weight is 142 g/mol. The van der Waals surface area contributed by atoms with Crippen molar-refractivity contribution in [1.29, 1.82) is 0 Å². The highest BCUT2D eigenvalue weighted by Crippen LogP contribution is 2.05. The van der Waals surface area contributed by atoms with Gasteiger partial charge in [-0.1, -0.05) is 19.4 Å². The summed E-state index contributed by atoms with van der Waals surface area (Å²) in [5.41, 5.74) is 0. The van der Waals surface area contributed by atoms with Gasteiger partial charge in [-0.25, -0.2) is 0 Å². The van der Waals surface area contributed by atoms with Crippen LogP contribution >= 0.6 is 0 Å². The number of ether oxygens (including phenoxy) is 2. The van der Waals surface area contributed by atoms with E-state index in [1.165, 1.54) is 6.42 Å². The Hall–Kier alpha value is -0.340. The van der Waals surface area contributed by atoms with Crippen LogP contribution in [0.1, 0.15) is 19.8 Å². The van der Waals surface area contributed by atoms with E-state index in [-0.39, 0.29) is 6.29 Å². The molecule has 2 heteroatoms. The smallest absolute Gasteiger partial charge is 0.177 e. The van der Waals surface area contributed by atoms with Crippen molar-refractivity contribution in [2.45, 2.75) is 26.1 Å². The molecule has 0 radical (unpaired) electrons. The standard InChI is InChI=1S/C8H14O2/c1-2-3-4-5-8-9-6-7-10-8/h4-5,8H,2-3,6-7H2,1H3/b5-4+. The van der Waals surface area contributed by atoms with Crippen LogP contribution in [0.3, 0.4) is 0 Å². The highest BCUT2D eigenvalue weighted by Gasteiger charge is 2.10. The van der Waals surface area contributed by atoms with Crippen LogP contribution in [-0.4, -0.2) is 19.5 Å². The quantitative estimate of drug-likeness (QED) is 0.558. The molecule has 0 aromatic heterocycles. The van der Waals surface area contributed by atoms with Crippen LogP contribution < -0.4 is 0 Å². The minimum absolute atomic E-state index is 0.0634.